The molecule has 1 aromatic carbocycles. The van der Waals surface area contributed by atoms with Gasteiger partial charge in [0.2, 0.25) is 5.91 Å². The number of nitrogens with zero attached hydrogens (tertiary/aromatic N) is 5. The Morgan fingerprint density at radius 1 is 0.911 bits per heavy atom. The Labute approximate surface area is 273 Å². The van der Waals surface area contributed by atoms with Gasteiger partial charge in [-0.1, -0.05) is 49.9 Å². The summed E-state index contributed by atoms with van der Waals surface area (Å²) in [6, 6.07) is 11.5. The van der Waals surface area contributed by atoms with Crippen molar-refractivity contribution in [2.45, 2.75) is 88.9 Å². The number of likely N-dealkylation sites (tertiary alicyclic amines) is 2. The molecule has 10 heteroatoms. The number of halogens is 1. The Morgan fingerprint density at radius 3 is 2.18 bits per heavy atom. The van der Waals surface area contributed by atoms with E-state index in [1.54, 1.807) is 29.4 Å². The SMILES string of the molecule is C[C@@H]1CN(C(=O)[C@@H](Cc2ccc(Cl)cc2)NC2CCN(C(=O)c3ccncc3)CC2)CC[C@H]1N(C(=O)N(C)C)C1CCCCC1. The van der Waals surface area contributed by atoms with Gasteiger partial charge in [0.15, 0.2) is 0 Å². The van der Waals surface area contributed by atoms with Gasteiger partial charge in [0, 0.05) is 81.4 Å². The van der Waals surface area contributed by atoms with Crippen LogP contribution in [0.15, 0.2) is 48.8 Å². The molecule has 3 heterocycles. The summed E-state index contributed by atoms with van der Waals surface area (Å²) in [7, 11) is 3.68. The molecule has 1 aromatic heterocycles. The summed E-state index contributed by atoms with van der Waals surface area (Å²) < 4.78 is 0. The molecule has 3 atom stereocenters. The van der Waals surface area contributed by atoms with Gasteiger partial charge in [0.1, 0.15) is 0 Å². The van der Waals surface area contributed by atoms with Crippen molar-refractivity contribution >= 4 is 29.4 Å². The molecule has 5 rings (SSSR count). The topological polar surface area (TPSA) is 89.1 Å². The maximum atomic E-state index is 14.2. The fourth-order valence-electron chi connectivity index (χ4n) is 7.41. The van der Waals surface area contributed by atoms with E-state index in [4.69, 9.17) is 11.6 Å². The van der Waals surface area contributed by atoms with Gasteiger partial charge in [0.05, 0.1) is 6.04 Å². The smallest absolute Gasteiger partial charge is 0.319 e. The van der Waals surface area contributed by atoms with Gasteiger partial charge in [-0.15, -0.1) is 0 Å². The van der Waals surface area contributed by atoms with Gasteiger partial charge in [-0.05, 0) is 74.3 Å². The Bertz CT molecular complexity index is 1280. The monoisotopic (exact) mass is 636 g/mol. The van der Waals surface area contributed by atoms with E-state index in [1.807, 2.05) is 48.2 Å². The highest BCUT2D eigenvalue weighted by Crippen LogP contribution is 2.31. The Balaban J connectivity index is 1.25. The fraction of sp³-hybridized carbons (Fsp3) is 0.600. The summed E-state index contributed by atoms with van der Waals surface area (Å²) in [6.07, 6.45) is 11.9. The maximum Gasteiger partial charge on any atom is 0.319 e. The van der Waals surface area contributed by atoms with E-state index < -0.39 is 0 Å². The average Bonchev–Trinajstić information content (AvgIpc) is 3.06. The van der Waals surface area contributed by atoms with E-state index in [9.17, 15) is 14.4 Å². The highest BCUT2D eigenvalue weighted by Gasteiger charge is 2.40. The number of hydrogen-bond donors (Lipinski definition) is 1. The summed E-state index contributed by atoms with van der Waals surface area (Å²) in [6.45, 7) is 4.74. The summed E-state index contributed by atoms with van der Waals surface area (Å²) in [4.78, 5) is 52.4. The zero-order chi connectivity index (χ0) is 31.9. The molecule has 2 aromatic rings. The molecule has 1 aliphatic carbocycles. The van der Waals surface area contributed by atoms with Crippen LogP contribution >= 0.6 is 11.6 Å². The highest BCUT2D eigenvalue weighted by molar-refractivity contribution is 6.30. The molecule has 1 saturated carbocycles. The van der Waals surface area contributed by atoms with Crippen LogP contribution in [0.2, 0.25) is 5.02 Å². The first-order valence-electron chi connectivity index (χ1n) is 16.7. The summed E-state index contributed by atoms with van der Waals surface area (Å²) in [5.74, 6) is 0.303. The van der Waals surface area contributed by atoms with Crippen LogP contribution in [0, 0.1) is 5.92 Å². The minimum atomic E-state index is -0.389. The van der Waals surface area contributed by atoms with Crippen molar-refractivity contribution in [2.24, 2.45) is 5.92 Å². The Morgan fingerprint density at radius 2 is 1.56 bits per heavy atom. The van der Waals surface area contributed by atoms with Gasteiger partial charge in [-0.2, -0.15) is 0 Å². The van der Waals surface area contributed by atoms with Crippen molar-refractivity contribution < 1.29 is 14.4 Å². The van der Waals surface area contributed by atoms with Crippen molar-refractivity contribution in [1.82, 2.24) is 29.9 Å². The average molecular weight is 637 g/mol. The van der Waals surface area contributed by atoms with Crippen molar-refractivity contribution in [3.63, 3.8) is 0 Å². The number of urea groups is 1. The number of amides is 4. The van der Waals surface area contributed by atoms with E-state index in [0.29, 0.717) is 43.2 Å². The standard InChI is InChI=1S/C35H49ClN6O3/c1-25-24-41(22-17-32(25)42(35(45)39(2)3)30-7-5-4-6-8-30)34(44)31(23-26-9-11-28(36)12-10-26)38-29-15-20-40(21-16-29)33(43)27-13-18-37-19-14-27/h9-14,18-19,25,29-32,38H,4-8,15-17,20-24H2,1-3H3/t25-,31-,32-/m1/s1. The predicted octanol–water partition coefficient (Wildman–Crippen LogP) is 5.09. The van der Waals surface area contributed by atoms with E-state index >= 15 is 0 Å². The molecule has 244 valence electrons. The number of aromatic nitrogens is 1. The van der Waals surface area contributed by atoms with Gasteiger partial charge in [-0.25, -0.2) is 4.79 Å². The molecule has 45 heavy (non-hydrogen) atoms. The van der Waals surface area contributed by atoms with Gasteiger partial charge in [0.25, 0.3) is 5.91 Å². The Kier molecular flexibility index (Phi) is 11.4. The lowest BCUT2D eigenvalue weighted by Gasteiger charge is -2.48. The third kappa shape index (κ3) is 8.36. The van der Waals surface area contributed by atoms with Crippen LogP contribution in [-0.4, -0.2) is 107 Å². The van der Waals surface area contributed by atoms with Gasteiger partial charge in [-0.3, -0.25) is 14.6 Å². The number of carbonyl (C=O) groups excluding carboxylic acids is 3. The van der Waals surface area contributed by atoms with Crippen LogP contribution in [0.3, 0.4) is 0 Å². The van der Waals surface area contributed by atoms with Crippen LogP contribution in [0.25, 0.3) is 0 Å². The predicted molar refractivity (Wildman–Crippen MR) is 177 cm³/mol. The van der Waals surface area contributed by atoms with Crippen LogP contribution in [-0.2, 0) is 11.2 Å². The van der Waals surface area contributed by atoms with Crippen molar-refractivity contribution in [2.75, 3.05) is 40.3 Å². The molecule has 0 radical (unpaired) electrons. The van der Waals surface area contributed by atoms with Crippen LogP contribution < -0.4 is 5.32 Å². The zero-order valence-electron chi connectivity index (χ0n) is 27.0. The lowest BCUT2D eigenvalue weighted by atomic mass is 9.87. The minimum Gasteiger partial charge on any atom is -0.341 e. The zero-order valence-corrected chi connectivity index (χ0v) is 27.8. The molecule has 0 bridgehead atoms. The number of carbonyl (C=O) groups is 3. The quantitative estimate of drug-likeness (QED) is 0.436. The number of rotatable bonds is 8. The lowest BCUT2D eigenvalue weighted by molar-refractivity contribution is -0.136. The summed E-state index contributed by atoms with van der Waals surface area (Å²) >= 11 is 6.17. The van der Waals surface area contributed by atoms with Crippen molar-refractivity contribution in [3.8, 4) is 0 Å². The second-order valence-electron chi connectivity index (χ2n) is 13.3. The van der Waals surface area contributed by atoms with E-state index in [-0.39, 0.29) is 47.9 Å². The largest absolute Gasteiger partial charge is 0.341 e. The molecule has 3 aliphatic rings. The normalized spacial score (nSPS) is 22.1. The molecular weight excluding hydrogens is 588 g/mol. The third-order valence-electron chi connectivity index (χ3n) is 9.90. The number of nitrogens with one attached hydrogen (secondary N) is 1. The minimum absolute atomic E-state index is 0.0246. The number of hydrogen-bond acceptors (Lipinski definition) is 5. The molecule has 0 spiro atoms. The first-order valence-corrected chi connectivity index (χ1v) is 17.1. The molecule has 2 saturated heterocycles. The molecule has 9 nitrogen and oxygen atoms in total. The van der Waals surface area contributed by atoms with Gasteiger partial charge >= 0.3 is 6.03 Å². The van der Waals surface area contributed by atoms with Crippen LogP contribution in [0.1, 0.15) is 74.2 Å². The lowest BCUT2D eigenvalue weighted by Crippen LogP contribution is -2.60. The molecular formula is C35H49ClN6O3. The van der Waals surface area contributed by atoms with E-state index in [1.165, 1.54) is 19.3 Å². The van der Waals surface area contributed by atoms with E-state index in [0.717, 1.165) is 37.7 Å². The van der Waals surface area contributed by atoms with Crippen LogP contribution in [0.4, 0.5) is 4.79 Å². The summed E-state index contributed by atoms with van der Waals surface area (Å²) in [5, 5.41) is 4.38. The first kappa shape index (κ1) is 33.2. The molecule has 3 fully saturated rings. The second kappa shape index (κ2) is 15.4. The third-order valence-corrected chi connectivity index (χ3v) is 10.1. The van der Waals surface area contributed by atoms with Gasteiger partial charge < -0.3 is 24.9 Å². The maximum absolute atomic E-state index is 14.2. The first-order chi connectivity index (χ1) is 21.7. The Hall–Kier alpha value is -3.17. The molecule has 4 amide bonds. The summed E-state index contributed by atoms with van der Waals surface area (Å²) in [5.41, 5.74) is 1.71. The highest BCUT2D eigenvalue weighted by atomic mass is 35.5. The molecule has 0 unspecified atom stereocenters. The molecule has 1 N–H and O–H groups in total. The molecule has 2 aliphatic heterocycles. The second-order valence-corrected chi connectivity index (χ2v) is 13.8. The fourth-order valence-corrected chi connectivity index (χ4v) is 7.54. The van der Waals surface area contributed by atoms with Crippen molar-refractivity contribution in [3.05, 3.63) is 64.9 Å². The van der Waals surface area contributed by atoms with Crippen LogP contribution in [0.5, 0.6) is 0 Å². The number of benzene rings is 1. The van der Waals surface area contributed by atoms with Crippen molar-refractivity contribution in [1.29, 1.82) is 0 Å². The van der Waals surface area contributed by atoms with E-state index in [2.05, 4.69) is 22.1 Å². The number of piperidine rings is 2. The number of pyridine rings is 1.